The van der Waals surface area contributed by atoms with Gasteiger partial charge >= 0.3 is 0 Å². The van der Waals surface area contributed by atoms with E-state index >= 15 is 0 Å². The van der Waals surface area contributed by atoms with Crippen molar-refractivity contribution in [1.29, 1.82) is 0 Å². The number of halogens is 2. The highest BCUT2D eigenvalue weighted by Gasteiger charge is 2.03. The zero-order chi connectivity index (χ0) is 10.3. The van der Waals surface area contributed by atoms with Gasteiger partial charge in [-0.3, -0.25) is 0 Å². The summed E-state index contributed by atoms with van der Waals surface area (Å²) in [6, 6.07) is 5.89. The second-order valence-corrected chi connectivity index (χ2v) is 4.16. The molecule has 0 spiro atoms. The summed E-state index contributed by atoms with van der Waals surface area (Å²) in [6.45, 7) is 3.92. The summed E-state index contributed by atoms with van der Waals surface area (Å²) in [5.74, 6) is 0. The van der Waals surface area contributed by atoms with Crippen LogP contribution in [0, 0.1) is 13.8 Å². The highest BCUT2D eigenvalue weighted by atomic mass is 35.5. The van der Waals surface area contributed by atoms with Crippen molar-refractivity contribution in [3.05, 3.63) is 39.5 Å². The van der Waals surface area contributed by atoms with E-state index in [4.69, 9.17) is 23.2 Å². The highest BCUT2D eigenvalue weighted by molar-refractivity contribution is 6.32. The fraction of sp³-hybridized carbons (Fsp3) is 0.182. The van der Waals surface area contributed by atoms with Gasteiger partial charge in [-0.25, -0.2) is 4.98 Å². The van der Waals surface area contributed by atoms with Crippen LogP contribution in [0.15, 0.2) is 18.2 Å². The van der Waals surface area contributed by atoms with Crippen LogP contribution in [0.25, 0.3) is 10.9 Å². The van der Waals surface area contributed by atoms with Crippen LogP contribution in [0.4, 0.5) is 0 Å². The normalized spacial score (nSPS) is 10.9. The van der Waals surface area contributed by atoms with E-state index in [0.717, 1.165) is 27.1 Å². The van der Waals surface area contributed by atoms with E-state index in [-0.39, 0.29) is 0 Å². The minimum absolute atomic E-state index is 0.539. The molecule has 0 radical (unpaired) electrons. The second-order valence-electron chi connectivity index (χ2n) is 3.39. The second kappa shape index (κ2) is 3.41. The monoisotopic (exact) mass is 225 g/mol. The molecule has 2 aromatic rings. The van der Waals surface area contributed by atoms with E-state index in [0.29, 0.717) is 5.15 Å². The maximum absolute atomic E-state index is 6.00. The molecule has 1 heterocycles. The van der Waals surface area contributed by atoms with E-state index in [2.05, 4.69) is 4.98 Å². The molecule has 2 rings (SSSR count). The van der Waals surface area contributed by atoms with E-state index in [9.17, 15) is 0 Å². The quantitative estimate of drug-likeness (QED) is 0.614. The van der Waals surface area contributed by atoms with Gasteiger partial charge in [0, 0.05) is 10.4 Å². The first kappa shape index (κ1) is 9.75. The summed E-state index contributed by atoms with van der Waals surface area (Å²) < 4.78 is 0. The third-order valence-electron chi connectivity index (χ3n) is 2.22. The Morgan fingerprint density at radius 1 is 1.00 bits per heavy atom. The van der Waals surface area contributed by atoms with Gasteiger partial charge < -0.3 is 0 Å². The number of aryl methyl sites for hydroxylation is 2. The Kier molecular flexibility index (Phi) is 2.38. The van der Waals surface area contributed by atoms with Gasteiger partial charge in [-0.05, 0) is 43.2 Å². The number of nitrogens with zero attached hydrogens (tertiary/aromatic N) is 1. The van der Waals surface area contributed by atoms with Crippen LogP contribution in [0.3, 0.4) is 0 Å². The average Bonchev–Trinajstić information content (AvgIpc) is 2.11. The summed E-state index contributed by atoms with van der Waals surface area (Å²) in [4.78, 5) is 4.26. The Labute approximate surface area is 92.7 Å². The van der Waals surface area contributed by atoms with Crippen molar-refractivity contribution in [1.82, 2.24) is 4.98 Å². The van der Waals surface area contributed by atoms with Gasteiger partial charge in [0.05, 0.1) is 5.52 Å². The predicted molar refractivity (Wildman–Crippen MR) is 61.2 cm³/mol. The van der Waals surface area contributed by atoms with E-state index in [1.807, 2.05) is 32.0 Å². The van der Waals surface area contributed by atoms with Crippen LogP contribution < -0.4 is 0 Å². The molecule has 0 unspecified atom stereocenters. The van der Waals surface area contributed by atoms with Crippen molar-refractivity contribution >= 4 is 34.1 Å². The molecule has 1 aromatic heterocycles. The number of rotatable bonds is 0. The van der Waals surface area contributed by atoms with Gasteiger partial charge in [0.15, 0.2) is 0 Å². The Balaban J connectivity index is 2.83. The van der Waals surface area contributed by atoms with E-state index < -0.39 is 0 Å². The Morgan fingerprint density at radius 2 is 1.64 bits per heavy atom. The SMILES string of the molecule is Cc1cc2cc(C)c(Cl)nc2cc1Cl. The minimum Gasteiger partial charge on any atom is -0.236 e. The predicted octanol–water partition coefficient (Wildman–Crippen LogP) is 4.16. The molecule has 0 amide bonds. The molecular weight excluding hydrogens is 217 g/mol. The lowest BCUT2D eigenvalue weighted by atomic mass is 10.1. The molecule has 14 heavy (non-hydrogen) atoms. The molecule has 0 bridgehead atoms. The number of aromatic nitrogens is 1. The molecule has 0 N–H and O–H groups in total. The number of benzene rings is 1. The Hall–Kier alpha value is -0.790. The van der Waals surface area contributed by atoms with Crippen LogP contribution in [0.2, 0.25) is 10.2 Å². The molecule has 0 saturated carbocycles. The van der Waals surface area contributed by atoms with Crippen LogP contribution in [-0.2, 0) is 0 Å². The molecule has 0 atom stereocenters. The lowest BCUT2D eigenvalue weighted by Gasteiger charge is -2.04. The highest BCUT2D eigenvalue weighted by Crippen LogP contribution is 2.25. The standard InChI is InChI=1S/C11H9Cl2N/c1-6-3-8-4-7(2)11(13)14-10(8)5-9(6)12/h3-5H,1-2H3. The van der Waals surface area contributed by atoms with Gasteiger partial charge in [0.2, 0.25) is 0 Å². The molecular formula is C11H9Cl2N. The smallest absolute Gasteiger partial charge is 0.132 e. The molecule has 0 saturated heterocycles. The van der Waals surface area contributed by atoms with Gasteiger partial charge in [0.25, 0.3) is 0 Å². The summed E-state index contributed by atoms with van der Waals surface area (Å²) in [6.07, 6.45) is 0. The summed E-state index contributed by atoms with van der Waals surface area (Å²) >= 11 is 11.9. The largest absolute Gasteiger partial charge is 0.236 e. The summed E-state index contributed by atoms with van der Waals surface area (Å²) in [5.41, 5.74) is 2.89. The van der Waals surface area contributed by atoms with Gasteiger partial charge in [-0.2, -0.15) is 0 Å². The van der Waals surface area contributed by atoms with Crippen molar-refractivity contribution in [2.75, 3.05) is 0 Å². The van der Waals surface area contributed by atoms with Gasteiger partial charge in [-0.15, -0.1) is 0 Å². The first-order valence-electron chi connectivity index (χ1n) is 4.31. The Morgan fingerprint density at radius 3 is 2.36 bits per heavy atom. The van der Waals surface area contributed by atoms with Crippen LogP contribution in [0.1, 0.15) is 11.1 Å². The average molecular weight is 226 g/mol. The van der Waals surface area contributed by atoms with Gasteiger partial charge in [-0.1, -0.05) is 23.2 Å². The molecule has 72 valence electrons. The van der Waals surface area contributed by atoms with E-state index in [1.54, 1.807) is 0 Å². The summed E-state index contributed by atoms with van der Waals surface area (Å²) in [5, 5.41) is 2.34. The Bertz CT molecular complexity index is 417. The molecule has 0 aliphatic carbocycles. The van der Waals surface area contributed by atoms with Crippen molar-refractivity contribution in [3.63, 3.8) is 0 Å². The minimum atomic E-state index is 0.539. The molecule has 0 fully saturated rings. The van der Waals surface area contributed by atoms with Crippen LogP contribution >= 0.6 is 23.2 Å². The molecule has 0 aliphatic rings. The fourth-order valence-corrected chi connectivity index (χ4v) is 1.70. The topological polar surface area (TPSA) is 12.9 Å². The van der Waals surface area contributed by atoms with Crippen LogP contribution in [0.5, 0.6) is 0 Å². The molecule has 0 aliphatic heterocycles. The molecule has 1 nitrogen and oxygen atoms in total. The number of hydrogen-bond acceptors (Lipinski definition) is 1. The first-order chi connectivity index (χ1) is 6.58. The van der Waals surface area contributed by atoms with Crippen molar-refractivity contribution in [2.24, 2.45) is 0 Å². The molecule has 1 aromatic carbocycles. The van der Waals surface area contributed by atoms with Crippen LogP contribution in [-0.4, -0.2) is 4.98 Å². The maximum Gasteiger partial charge on any atom is 0.132 e. The zero-order valence-electron chi connectivity index (χ0n) is 7.94. The first-order valence-corrected chi connectivity index (χ1v) is 5.06. The molecule has 3 heteroatoms. The third kappa shape index (κ3) is 1.58. The number of pyridine rings is 1. The fourth-order valence-electron chi connectivity index (χ4n) is 1.39. The number of fused-ring (bicyclic) bond motifs is 1. The van der Waals surface area contributed by atoms with Crippen molar-refractivity contribution in [2.45, 2.75) is 13.8 Å². The van der Waals surface area contributed by atoms with Crippen molar-refractivity contribution < 1.29 is 0 Å². The zero-order valence-corrected chi connectivity index (χ0v) is 9.45. The lowest BCUT2D eigenvalue weighted by Crippen LogP contribution is -1.86. The van der Waals surface area contributed by atoms with Crippen molar-refractivity contribution in [3.8, 4) is 0 Å². The van der Waals surface area contributed by atoms with E-state index in [1.165, 1.54) is 0 Å². The third-order valence-corrected chi connectivity index (χ3v) is 3.01. The lowest BCUT2D eigenvalue weighted by molar-refractivity contribution is 1.33. The number of hydrogen-bond donors (Lipinski definition) is 0. The van der Waals surface area contributed by atoms with Gasteiger partial charge in [0.1, 0.15) is 5.15 Å². The summed E-state index contributed by atoms with van der Waals surface area (Å²) in [7, 11) is 0. The maximum atomic E-state index is 6.00.